The largest absolute Gasteiger partial charge is 0.345 e. The van der Waals surface area contributed by atoms with Crippen molar-refractivity contribution < 1.29 is 9.18 Å². The zero-order valence-corrected chi connectivity index (χ0v) is 17.4. The zero-order chi connectivity index (χ0) is 20.6. The van der Waals surface area contributed by atoms with Gasteiger partial charge in [-0.1, -0.05) is 43.5 Å². The van der Waals surface area contributed by atoms with Gasteiger partial charge in [0.2, 0.25) is 0 Å². The SMILES string of the molecule is CCCCCN(Cc1cccn1Cc1ccc(F)cc1)C(=O)c1ccc(Cl)cc1. The fraction of sp³-hybridized carbons (Fsp3) is 0.292. The molecule has 3 nitrogen and oxygen atoms in total. The van der Waals surface area contributed by atoms with Crippen LogP contribution in [-0.2, 0) is 13.1 Å². The summed E-state index contributed by atoms with van der Waals surface area (Å²) in [6.07, 6.45) is 5.15. The molecule has 0 aliphatic carbocycles. The average Bonchev–Trinajstić information content (AvgIpc) is 3.16. The second-order valence-electron chi connectivity index (χ2n) is 7.19. The second kappa shape index (κ2) is 10.3. The van der Waals surface area contributed by atoms with Crippen molar-refractivity contribution in [3.63, 3.8) is 0 Å². The third-order valence-electron chi connectivity index (χ3n) is 4.95. The van der Waals surface area contributed by atoms with Crippen LogP contribution in [0.15, 0.2) is 66.9 Å². The predicted molar refractivity (Wildman–Crippen MR) is 116 cm³/mol. The molecule has 0 aliphatic heterocycles. The van der Waals surface area contributed by atoms with Crippen LogP contribution in [0.25, 0.3) is 0 Å². The Hall–Kier alpha value is -2.59. The summed E-state index contributed by atoms with van der Waals surface area (Å²) in [5.74, 6) is -0.232. The third-order valence-corrected chi connectivity index (χ3v) is 5.20. The molecule has 0 saturated heterocycles. The van der Waals surface area contributed by atoms with Crippen molar-refractivity contribution in [3.8, 4) is 0 Å². The first-order valence-electron chi connectivity index (χ1n) is 10.00. The summed E-state index contributed by atoms with van der Waals surface area (Å²) < 4.78 is 15.3. The molecule has 0 atom stereocenters. The summed E-state index contributed by atoms with van der Waals surface area (Å²) >= 11 is 5.97. The van der Waals surface area contributed by atoms with E-state index in [1.54, 1.807) is 36.4 Å². The maximum atomic E-state index is 13.2. The van der Waals surface area contributed by atoms with Gasteiger partial charge in [-0.2, -0.15) is 0 Å². The number of carbonyl (C=O) groups excluding carboxylic acids is 1. The van der Waals surface area contributed by atoms with E-state index in [9.17, 15) is 9.18 Å². The van der Waals surface area contributed by atoms with E-state index >= 15 is 0 Å². The summed E-state index contributed by atoms with van der Waals surface area (Å²) in [6.45, 7) is 4.02. The molecule has 1 aromatic heterocycles. The van der Waals surface area contributed by atoms with Gasteiger partial charge in [0.15, 0.2) is 0 Å². The summed E-state index contributed by atoms with van der Waals surface area (Å²) in [5.41, 5.74) is 2.71. The van der Waals surface area contributed by atoms with Gasteiger partial charge in [0.1, 0.15) is 5.82 Å². The van der Waals surface area contributed by atoms with Gasteiger partial charge in [-0.25, -0.2) is 4.39 Å². The van der Waals surface area contributed by atoms with E-state index in [0.717, 1.165) is 30.5 Å². The van der Waals surface area contributed by atoms with Crippen molar-refractivity contribution >= 4 is 17.5 Å². The molecule has 3 rings (SSSR count). The summed E-state index contributed by atoms with van der Waals surface area (Å²) in [7, 11) is 0. The predicted octanol–water partition coefficient (Wildman–Crippen LogP) is 6.16. The number of unbranched alkanes of at least 4 members (excludes halogenated alkanes) is 2. The minimum Gasteiger partial charge on any atom is -0.345 e. The van der Waals surface area contributed by atoms with Crippen molar-refractivity contribution in [2.75, 3.05) is 6.54 Å². The van der Waals surface area contributed by atoms with Gasteiger partial charge in [-0.15, -0.1) is 0 Å². The molecule has 0 bridgehead atoms. The molecule has 0 saturated carbocycles. The first-order valence-corrected chi connectivity index (χ1v) is 10.4. The Bertz CT molecular complexity index is 919. The van der Waals surface area contributed by atoms with Gasteiger partial charge in [0, 0.05) is 35.6 Å². The highest BCUT2D eigenvalue weighted by atomic mass is 35.5. The van der Waals surface area contributed by atoms with Crippen LogP contribution in [0, 0.1) is 5.82 Å². The number of halogens is 2. The molecule has 0 aliphatic rings. The molecular weight excluding hydrogens is 387 g/mol. The van der Waals surface area contributed by atoms with Crippen LogP contribution in [0.4, 0.5) is 4.39 Å². The summed E-state index contributed by atoms with van der Waals surface area (Å²) in [5, 5.41) is 0.618. The Labute approximate surface area is 176 Å². The molecule has 1 heterocycles. The van der Waals surface area contributed by atoms with Gasteiger partial charge < -0.3 is 9.47 Å². The lowest BCUT2D eigenvalue weighted by atomic mass is 10.1. The standard InChI is InChI=1S/C24H26ClFN2O/c1-2-3-4-15-28(24(29)20-9-11-21(25)12-10-20)18-23-6-5-16-27(23)17-19-7-13-22(26)14-8-19/h5-14,16H,2-4,15,17-18H2,1H3. The number of carbonyl (C=O) groups is 1. The van der Waals surface area contributed by atoms with E-state index in [-0.39, 0.29) is 11.7 Å². The fourth-order valence-corrected chi connectivity index (χ4v) is 3.44. The molecule has 29 heavy (non-hydrogen) atoms. The number of benzene rings is 2. The van der Waals surface area contributed by atoms with Crippen LogP contribution in [0.5, 0.6) is 0 Å². The van der Waals surface area contributed by atoms with E-state index in [0.29, 0.717) is 30.2 Å². The lowest BCUT2D eigenvalue weighted by Crippen LogP contribution is -2.32. The van der Waals surface area contributed by atoms with E-state index in [2.05, 4.69) is 11.5 Å². The number of hydrogen-bond acceptors (Lipinski definition) is 1. The summed E-state index contributed by atoms with van der Waals surface area (Å²) in [6, 6.07) is 17.6. The highest BCUT2D eigenvalue weighted by Crippen LogP contribution is 2.16. The van der Waals surface area contributed by atoms with Crippen molar-refractivity contribution in [1.29, 1.82) is 0 Å². The monoisotopic (exact) mass is 412 g/mol. The van der Waals surface area contributed by atoms with Crippen LogP contribution >= 0.6 is 11.6 Å². The van der Waals surface area contributed by atoms with Gasteiger partial charge >= 0.3 is 0 Å². The van der Waals surface area contributed by atoms with Crippen LogP contribution in [-0.4, -0.2) is 21.9 Å². The van der Waals surface area contributed by atoms with Crippen LogP contribution in [0.1, 0.15) is 47.8 Å². The molecular formula is C24H26ClFN2O. The van der Waals surface area contributed by atoms with E-state index in [1.165, 1.54) is 12.1 Å². The maximum absolute atomic E-state index is 13.2. The van der Waals surface area contributed by atoms with Crippen LogP contribution < -0.4 is 0 Å². The van der Waals surface area contributed by atoms with Crippen molar-refractivity contribution in [3.05, 3.63) is 94.5 Å². The number of rotatable bonds is 9. The Morgan fingerprint density at radius 3 is 2.45 bits per heavy atom. The first-order chi connectivity index (χ1) is 14.1. The van der Waals surface area contributed by atoms with Crippen molar-refractivity contribution in [2.24, 2.45) is 0 Å². The molecule has 5 heteroatoms. The number of amides is 1. The number of nitrogens with zero attached hydrogens (tertiary/aromatic N) is 2. The third kappa shape index (κ3) is 5.94. The quantitative estimate of drug-likeness (QED) is 0.386. The van der Waals surface area contributed by atoms with Crippen molar-refractivity contribution in [1.82, 2.24) is 9.47 Å². The molecule has 152 valence electrons. The Morgan fingerprint density at radius 1 is 1.03 bits per heavy atom. The molecule has 0 N–H and O–H groups in total. The lowest BCUT2D eigenvalue weighted by molar-refractivity contribution is 0.0736. The molecule has 3 aromatic rings. The minimum atomic E-state index is -0.239. The number of hydrogen-bond donors (Lipinski definition) is 0. The molecule has 0 unspecified atom stereocenters. The fourth-order valence-electron chi connectivity index (χ4n) is 3.31. The van der Waals surface area contributed by atoms with Gasteiger partial charge in [-0.3, -0.25) is 4.79 Å². The topological polar surface area (TPSA) is 25.2 Å². The second-order valence-corrected chi connectivity index (χ2v) is 7.63. The molecule has 1 amide bonds. The molecule has 0 radical (unpaired) electrons. The minimum absolute atomic E-state index is 0.00676. The van der Waals surface area contributed by atoms with Gasteiger partial charge in [-0.05, 0) is 60.5 Å². The Balaban J connectivity index is 1.77. The zero-order valence-electron chi connectivity index (χ0n) is 16.7. The van der Waals surface area contributed by atoms with Gasteiger partial charge in [0.05, 0.1) is 6.54 Å². The van der Waals surface area contributed by atoms with E-state index in [4.69, 9.17) is 11.6 Å². The Kier molecular flexibility index (Phi) is 7.48. The number of aromatic nitrogens is 1. The first kappa shape index (κ1) is 21.1. The van der Waals surface area contributed by atoms with E-state index < -0.39 is 0 Å². The van der Waals surface area contributed by atoms with Gasteiger partial charge in [0.25, 0.3) is 5.91 Å². The average molecular weight is 413 g/mol. The summed E-state index contributed by atoms with van der Waals surface area (Å²) in [4.78, 5) is 15.0. The highest BCUT2D eigenvalue weighted by Gasteiger charge is 2.17. The van der Waals surface area contributed by atoms with Crippen LogP contribution in [0.3, 0.4) is 0 Å². The van der Waals surface area contributed by atoms with E-state index in [1.807, 2.05) is 23.2 Å². The van der Waals surface area contributed by atoms with Crippen LogP contribution in [0.2, 0.25) is 5.02 Å². The Morgan fingerprint density at radius 2 is 1.76 bits per heavy atom. The smallest absolute Gasteiger partial charge is 0.254 e. The maximum Gasteiger partial charge on any atom is 0.254 e. The lowest BCUT2D eigenvalue weighted by Gasteiger charge is -2.24. The molecule has 2 aromatic carbocycles. The highest BCUT2D eigenvalue weighted by molar-refractivity contribution is 6.30. The molecule has 0 spiro atoms. The normalized spacial score (nSPS) is 10.9. The molecule has 0 fully saturated rings. The van der Waals surface area contributed by atoms with Crippen molar-refractivity contribution in [2.45, 2.75) is 39.3 Å².